The predicted octanol–water partition coefficient (Wildman–Crippen LogP) is 9.80. The molecule has 5 aromatic carbocycles. The smallest absolute Gasteiger partial charge is 0.321 e. The standard InChI is InChI=1S/C37H23ClF7N3O3S/c38-23-16-14-20(15-17-23)18-26(47-34(49)22-10-5-2-6-11-22)35(50)46-24-12-7-13-25(19-24)52-33(21-8-3-1-4-9-21)36(51)48-32-30(41)28(39)27(37(43,44)45)29(40)31(32)42/h1-19,33H,(H,46,50)(H,47,49)(H,48,51)/b26-18+. The van der Waals surface area contributed by atoms with E-state index in [0.29, 0.717) is 15.5 Å². The van der Waals surface area contributed by atoms with E-state index in [4.69, 9.17) is 11.6 Å². The van der Waals surface area contributed by atoms with Gasteiger partial charge in [0, 0.05) is 21.2 Å². The zero-order valence-corrected chi connectivity index (χ0v) is 27.8. The summed E-state index contributed by atoms with van der Waals surface area (Å²) in [6, 6.07) is 28.1. The minimum atomic E-state index is -5.76. The average Bonchev–Trinajstić information content (AvgIpc) is 3.12. The van der Waals surface area contributed by atoms with E-state index in [0.717, 1.165) is 11.8 Å². The van der Waals surface area contributed by atoms with Crippen LogP contribution in [-0.4, -0.2) is 17.7 Å². The fourth-order valence-electron chi connectivity index (χ4n) is 4.73. The molecular weight excluding hydrogens is 735 g/mol. The van der Waals surface area contributed by atoms with Crippen molar-refractivity contribution in [1.29, 1.82) is 0 Å². The van der Waals surface area contributed by atoms with Crippen molar-refractivity contribution < 1.29 is 45.1 Å². The summed E-state index contributed by atoms with van der Waals surface area (Å²) in [5.41, 5.74) is -3.43. The van der Waals surface area contributed by atoms with E-state index in [1.807, 2.05) is 0 Å². The molecule has 3 N–H and O–H groups in total. The number of hydrogen-bond acceptors (Lipinski definition) is 4. The first-order valence-electron chi connectivity index (χ1n) is 14.9. The third-order valence-corrected chi connectivity index (χ3v) is 8.69. The Morgan fingerprint density at radius 3 is 1.90 bits per heavy atom. The molecule has 15 heteroatoms. The summed E-state index contributed by atoms with van der Waals surface area (Å²) in [6.45, 7) is 0. The molecule has 266 valence electrons. The molecule has 0 aliphatic heterocycles. The number of thioether (sulfide) groups is 1. The van der Waals surface area contributed by atoms with Crippen LogP contribution in [-0.2, 0) is 15.8 Å². The highest BCUT2D eigenvalue weighted by Crippen LogP contribution is 2.41. The molecule has 1 atom stereocenters. The molecule has 0 radical (unpaired) electrons. The lowest BCUT2D eigenvalue weighted by molar-refractivity contribution is -0.143. The third kappa shape index (κ3) is 9.00. The fraction of sp³-hybridized carbons (Fsp3) is 0.0541. The molecule has 0 bridgehead atoms. The van der Waals surface area contributed by atoms with Crippen LogP contribution in [0, 0.1) is 23.3 Å². The van der Waals surface area contributed by atoms with Crippen molar-refractivity contribution in [2.75, 3.05) is 10.6 Å². The fourth-order valence-corrected chi connectivity index (χ4v) is 5.94. The molecule has 0 fully saturated rings. The van der Waals surface area contributed by atoms with Crippen LogP contribution >= 0.6 is 23.4 Å². The number of alkyl halides is 3. The number of nitrogens with one attached hydrogen (secondary N) is 3. The average molecular weight is 758 g/mol. The van der Waals surface area contributed by atoms with Gasteiger partial charge in [0.2, 0.25) is 5.91 Å². The van der Waals surface area contributed by atoms with Gasteiger partial charge in [0.1, 0.15) is 22.2 Å². The van der Waals surface area contributed by atoms with Gasteiger partial charge in [0.05, 0.1) is 0 Å². The summed E-state index contributed by atoms with van der Waals surface area (Å²) < 4.78 is 97.2. The SMILES string of the molecule is O=C(Nc1cccc(SC(C(=O)Nc2c(F)c(F)c(C(F)(F)F)c(F)c2F)c2ccccc2)c1)/C(=C\c1ccc(Cl)cc1)NC(=O)c1ccccc1. The molecule has 0 spiro atoms. The first kappa shape index (κ1) is 37.7. The van der Waals surface area contributed by atoms with Crippen LogP contribution < -0.4 is 16.0 Å². The van der Waals surface area contributed by atoms with Crippen molar-refractivity contribution in [3.8, 4) is 0 Å². The highest BCUT2D eigenvalue weighted by Gasteiger charge is 2.43. The van der Waals surface area contributed by atoms with E-state index in [9.17, 15) is 45.1 Å². The number of halogens is 8. The Bertz CT molecular complexity index is 2120. The van der Waals surface area contributed by atoms with Crippen molar-refractivity contribution in [2.24, 2.45) is 0 Å². The van der Waals surface area contributed by atoms with Crippen LogP contribution in [0.4, 0.5) is 42.1 Å². The van der Waals surface area contributed by atoms with Crippen molar-refractivity contribution in [2.45, 2.75) is 16.3 Å². The van der Waals surface area contributed by atoms with Gasteiger partial charge in [0.15, 0.2) is 23.3 Å². The van der Waals surface area contributed by atoms with Crippen LogP contribution in [0.15, 0.2) is 120 Å². The molecule has 0 saturated heterocycles. The maximum Gasteiger partial charge on any atom is 0.422 e. The number of anilines is 2. The van der Waals surface area contributed by atoms with Crippen molar-refractivity contribution in [3.05, 3.63) is 165 Å². The number of amides is 3. The molecule has 0 aliphatic rings. The van der Waals surface area contributed by atoms with Gasteiger partial charge in [-0.25, -0.2) is 17.6 Å². The van der Waals surface area contributed by atoms with Gasteiger partial charge in [-0.05, 0) is 59.7 Å². The Morgan fingerprint density at radius 2 is 1.31 bits per heavy atom. The first-order valence-corrected chi connectivity index (χ1v) is 16.2. The van der Waals surface area contributed by atoms with Crippen LogP contribution in [0.2, 0.25) is 5.02 Å². The monoisotopic (exact) mass is 757 g/mol. The van der Waals surface area contributed by atoms with E-state index in [1.54, 1.807) is 66.0 Å². The number of rotatable bonds is 10. The second kappa shape index (κ2) is 16.2. The lowest BCUT2D eigenvalue weighted by Gasteiger charge is -2.19. The highest BCUT2D eigenvalue weighted by molar-refractivity contribution is 8.00. The lowest BCUT2D eigenvalue weighted by atomic mass is 10.1. The molecule has 5 rings (SSSR count). The van der Waals surface area contributed by atoms with E-state index in [-0.39, 0.29) is 22.5 Å². The molecule has 0 saturated carbocycles. The van der Waals surface area contributed by atoms with Crippen molar-refractivity contribution in [3.63, 3.8) is 0 Å². The van der Waals surface area contributed by atoms with Crippen molar-refractivity contribution >= 4 is 58.5 Å². The Morgan fingerprint density at radius 1 is 0.712 bits per heavy atom. The highest BCUT2D eigenvalue weighted by atomic mass is 35.5. The van der Waals surface area contributed by atoms with Gasteiger partial charge in [-0.15, -0.1) is 11.8 Å². The molecule has 1 unspecified atom stereocenters. The van der Waals surface area contributed by atoms with E-state index in [2.05, 4.69) is 10.6 Å². The lowest BCUT2D eigenvalue weighted by Crippen LogP contribution is -2.30. The molecule has 3 amide bonds. The van der Waals surface area contributed by atoms with Crippen LogP contribution in [0.1, 0.15) is 32.3 Å². The van der Waals surface area contributed by atoms with Crippen LogP contribution in [0.5, 0.6) is 0 Å². The molecule has 52 heavy (non-hydrogen) atoms. The van der Waals surface area contributed by atoms with Crippen LogP contribution in [0.25, 0.3) is 6.08 Å². The minimum Gasteiger partial charge on any atom is -0.321 e. The summed E-state index contributed by atoms with van der Waals surface area (Å²) in [5.74, 6) is -12.9. The number of benzene rings is 5. The predicted molar refractivity (Wildman–Crippen MR) is 183 cm³/mol. The van der Waals surface area contributed by atoms with Gasteiger partial charge in [-0.2, -0.15) is 13.2 Å². The quantitative estimate of drug-likeness (QED) is 0.0573. The molecule has 6 nitrogen and oxygen atoms in total. The van der Waals surface area contributed by atoms with E-state index in [1.165, 1.54) is 54.6 Å². The second-order valence-electron chi connectivity index (χ2n) is 10.8. The topological polar surface area (TPSA) is 87.3 Å². The molecular formula is C37H23ClF7N3O3S. The normalized spacial score (nSPS) is 12.2. The maximum absolute atomic E-state index is 14.7. The zero-order chi connectivity index (χ0) is 37.6. The largest absolute Gasteiger partial charge is 0.422 e. The van der Waals surface area contributed by atoms with E-state index < -0.39 is 63.7 Å². The Hall–Kier alpha value is -5.60. The molecule has 0 heterocycles. The first-order chi connectivity index (χ1) is 24.7. The maximum atomic E-state index is 14.7. The number of hydrogen-bond donors (Lipinski definition) is 3. The van der Waals surface area contributed by atoms with Gasteiger partial charge < -0.3 is 16.0 Å². The third-order valence-electron chi connectivity index (χ3n) is 7.19. The Balaban J connectivity index is 1.42. The number of carbonyl (C=O) groups is 3. The summed E-state index contributed by atoms with van der Waals surface area (Å²) >= 11 is 6.77. The van der Waals surface area contributed by atoms with Gasteiger partial charge in [-0.3, -0.25) is 14.4 Å². The molecule has 5 aromatic rings. The zero-order valence-electron chi connectivity index (χ0n) is 26.2. The summed E-state index contributed by atoms with van der Waals surface area (Å²) in [7, 11) is 0. The van der Waals surface area contributed by atoms with Crippen molar-refractivity contribution in [1.82, 2.24) is 5.32 Å². The Kier molecular flexibility index (Phi) is 11.7. The second-order valence-corrected chi connectivity index (χ2v) is 12.4. The van der Waals surface area contributed by atoms with Gasteiger partial charge >= 0.3 is 6.18 Å². The molecule has 0 aromatic heterocycles. The number of carbonyl (C=O) groups excluding carboxylic acids is 3. The Labute approximate surface area is 300 Å². The van der Waals surface area contributed by atoms with Gasteiger partial charge in [0.25, 0.3) is 11.8 Å². The summed E-state index contributed by atoms with van der Waals surface area (Å²) in [6.07, 6.45) is -4.34. The van der Waals surface area contributed by atoms with E-state index >= 15 is 0 Å². The minimum absolute atomic E-state index is 0.143. The summed E-state index contributed by atoms with van der Waals surface area (Å²) in [4.78, 5) is 40.2. The van der Waals surface area contributed by atoms with Crippen LogP contribution in [0.3, 0.4) is 0 Å². The molecule has 0 aliphatic carbocycles. The van der Waals surface area contributed by atoms with Gasteiger partial charge in [-0.1, -0.05) is 78.3 Å². The summed E-state index contributed by atoms with van der Waals surface area (Å²) in [5, 5.41) is 6.01.